The first-order valence-electron chi connectivity index (χ1n) is 6.34. The molecule has 1 heterocycles. The van der Waals surface area contributed by atoms with Crippen molar-refractivity contribution in [2.24, 2.45) is 13.0 Å². The molecule has 1 aromatic rings. The first-order chi connectivity index (χ1) is 8.10. The standard InChI is InChI=1S/C13H25N3O/c1-6-7-14-12(13(17-5)10(2)3)11-8-15-16(4)9-11/h8-10,12-14H,6-7H2,1-5H3. The molecule has 0 radical (unpaired) electrons. The lowest BCUT2D eigenvalue weighted by Crippen LogP contribution is -2.36. The lowest BCUT2D eigenvalue weighted by atomic mass is 9.95. The van der Waals surface area contributed by atoms with E-state index < -0.39 is 0 Å². The summed E-state index contributed by atoms with van der Waals surface area (Å²) in [7, 11) is 3.72. The van der Waals surface area contributed by atoms with Crippen LogP contribution in [0.1, 0.15) is 38.8 Å². The fourth-order valence-corrected chi connectivity index (χ4v) is 2.12. The van der Waals surface area contributed by atoms with E-state index in [0.717, 1.165) is 13.0 Å². The van der Waals surface area contributed by atoms with Crippen molar-refractivity contribution in [1.29, 1.82) is 0 Å². The van der Waals surface area contributed by atoms with Crippen molar-refractivity contribution in [3.63, 3.8) is 0 Å². The van der Waals surface area contributed by atoms with Crippen LogP contribution in [0.3, 0.4) is 0 Å². The number of ether oxygens (including phenoxy) is 1. The van der Waals surface area contributed by atoms with Crippen LogP contribution in [0.4, 0.5) is 0 Å². The first kappa shape index (κ1) is 14.2. The van der Waals surface area contributed by atoms with E-state index in [2.05, 4.69) is 37.4 Å². The molecule has 0 aromatic carbocycles. The maximum absolute atomic E-state index is 5.64. The zero-order chi connectivity index (χ0) is 12.8. The van der Waals surface area contributed by atoms with Gasteiger partial charge in [-0.15, -0.1) is 0 Å². The Hall–Kier alpha value is -0.870. The summed E-state index contributed by atoms with van der Waals surface area (Å²) in [6.45, 7) is 7.53. The lowest BCUT2D eigenvalue weighted by Gasteiger charge is -2.29. The highest BCUT2D eigenvalue weighted by molar-refractivity contribution is 5.12. The zero-order valence-corrected chi connectivity index (χ0v) is 11.6. The Morgan fingerprint density at radius 1 is 1.47 bits per heavy atom. The Labute approximate surface area is 104 Å². The Morgan fingerprint density at radius 2 is 2.18 bits per heavy atom. The number of aryl methyl sites for hydroxylation is 1. The normalized spacial score (nSPS) is 15.2. The Balaban J connectivity index is 2.85. The summed E-state index contributed by atoms with van der Waals surface area (Å²) in [6.07, 6.45) is 5.26. The molecule has 2 unspecified atom stereocenters. The van der Waals surface area contributed by atoms with E-state index in [-0.39, 0.29) is 12.1 Å². The molecule has 0 aliphatic rings. The van der Waals surface area contributed by atoms with E-state index in [4.69, 9.17) is 4.74 Å². The summed E-state index contributed by atoms with van der Waals surface area (Å²) in [6, 6.07) is 0.216. The van der Waals surface area contributed by atoms with E-state index in [0.29, 0.717) is 5.92 Å². The molecule has 17 heavy (non-hydrogen) atoms. The summed E-state index contributed by atoms with van der Waals surface area (Å²) < 4.78 is 7.47. The van der Waals surface area contributed by atoms with E-state index in [9.17, 15) is 0 Å². The third-order valence-corrected chi connectivity index (χ3v) is 2.96. The van der Waals surface area contributed by atoms with Gasteiger partial charge >= 0.3 is 0 Å². The van der Waals surface area contributed by atoms with Gasteiger partial charge in [0, 0.05) is 25.9 Å². The zero-order valence-electron chi connectivity index (χ0n) is 11.6. The van der Waals surface area contributed by atoms with Gasteiger partial charge in [-0.05, 0) is 18.9 Å². The molecule has 0 spiro atoms. The second-order valence-electron chi connectivity index (χ2n) is 4.82. The highest BCUT2D eigenvalue weighted by Gasteiger charge is 2.26. The second kappa shape index (κ2) is 6.77. The van der Waals surface area contributed by atoms with Crippen LogP contribution in [0.2, 0.25) is 0 Å². The molecule has 0 saturated heterocycles. The molecule has 2 atom stereocenters. The Bertz CT molecular complexity index is 322. The van der Waals surface area contributed by atoms with Gasteiger partial charge in [0.1, 0.15) is 0 Å². The molecule has 0 amide bonds. The van der Waals surface area contributed by atoms with Crippen LogP contribution >= 0.6 is 0 Å². The van der Waals surface area contributed by atoms with Crippen molar-refractivity contribution < 1.29 is 4.74 Å². The van der Waals surface area contributed by atoms with Crippen molar-refractivity contribution in [3.05, 3.63) is 18.0 Å². The van der Waals surface area contributed by atoms with Gasteiger partial charge < -0.3 is 10.1 Å². The molecule has 0 fully saturated rings. The summed E-state index contributed by atoms with van der Waals surface area (Å²) in [5.41, 5.74) is 1.20. The summed E-state index contributed by atoms with van der Waals surface area (Å²) in [5.74, 6) is 0.467. The number of hydrogen-bond acceptors (Lipinski definition) is 3. The van der Waals surface area contributed by atoms with Crippen LogP contribution in [0.15, 0.2) is 12.4 Å². The minimum Gasteiger partial charge on any atom is -0.379 e. The van der Waals surface area contributed by atoms with Gasteiger partial charge in [-0.1, -0.05) is 20.8 Å². The van der Waals surface area contributed by atoms with E-state index >= 15 is 0 Å². The molecule has 0 aliphatic carbocycles. The Morgan fingerprint density at radius 3 is 2.59 bits per heavy atom. The molecule has 4 nitrogen and oxygen atoms in total. The number of nitrogens with one attached hydrogen (secondary N) is 1. The number of hydrogen-bond donors (Lipinski definition) is 1. The summed E-state index contributed by atoms with van der Waals surface area (Å²) >= 11 is 0. The highest BCUT2D eigenvalue weighted by atomic mass is 16.5. The van der Waals surface area contributed by atoms with Crippen molar-refractivity contribution in [1.82, 2.24) is 15.1 Å². The van der Waals surface area contributed by atoms with Crippen molar-refractivity contribution >= 4 is 0 Å². The van der Waals surface area contributed by atoms with Crippen molar-refractivity contribution in [2.45, 2.75) is 39.3 Å². The van der Waals surface area contributed by atoms with Crippen LogP contribution in [0.25, 0.3) is 0 Å². The molecule has 0 aliphatic heterocycles. The number of rotatable bonds is 7. The second-order valence-corrected chi connectivity index (χ2v) is 4.82. The largest absolute Gasteiger partial charge is 0.379 e. The molecule has 0 saturated carbocycles. The topological polar surface area (TPSA) is 39.1 Å². The van der Waals surface area contributed by atoms with Gasteiger partial charge in [0.2, 0.25) is 0 Å². The third kappa shape index (κ3) is 3.82. The van der Waals surface area contributed by atoms with E-state index in [1.807, 2.05) is 17.9 Å². The van der Waals surface area contributed by atoms with Gasteiger partial charge in [0.25, 0.3) is 0 Å². The number of methoxy groups -OCH3 is 1. The fourth-order valence-electron chi connectivity index (χ4n) is 2.12. The minimum atomic E-state index is 0.172. The van der Waals surface area contributed by atoms with Crippen LogP contribution in [-0.4, -0.2) is 29.5 Å². The number of nitrogens with zero attached hydrogens (tertiary/aromatic N) is 2. The van der Waals surface area contributed by atoms with Gasteiger partial charge in [-0.2, -0.15) is 5.10 Å². The minimum absolute atomic E-state index is 0.172. The average Bonchev–Trinajstić information content (AvgIpc) is 2.70. The smallest absolute Gasteiger partial charge is 0.0789 e. The number of aromatic nitrogens is 2. The monoisotopic (exact) mass is 239 g/mol. The predicted molar refractivity (Wildman–Crippen MR) is 69.9 cm³/mol. The fraction of sp³-hybridized carbons (Fsp3) is 0.769. The van der Waals surface area contributed by atoms with Crippen molar-refractivity contribution in [2.75, 3.05) is 13.7 Å². The van der Waals surface area contributed by atoms with Crippen molar-refractivity contribution in [3.8, 4) is 0 Å². The van der Waals surface area contributed by atoms with Gasteiger partial charge in [0.05, 0.1) is 18.3 Å². The van der Waals surface area contributed by atoms with Crippen LogP contribution in [0.5, 0.6) is 0 Å². The van der Waals surface area contributed by atoms with E-state index in [1.54, 1.807) is 7.11 Å². The SMILES string of the molecule is CCCNC(c1cnn(C)c1)C(OC)C(C)C. The predicted octanol–water partition coefficient (Wildman–Crippen LogP) is 2.13. The maximum atomic E-state index is 5.64. The van der Waals surface area contributed by atoms with Gasteiger partial charge in [0.15, 0.2) is 0 Å². The van der Waals surface area contributed by atoms with Gasteiger partial charge in [-0.3, -0.25) is 4.68 Å². The molecule has 98 valence electrons. The molecular weight excluding hydrogens is 214 g/mol. The molecule has 4 heteroatoms. The molecular formula is C13H25N3O. The van der Waals surface area contributed by atoms with Gasteiger partial charge in [-0.25, -0.2) is 0 Å². The van der Waals surface area contributed by atoms with Crippen LogP contribution < -0.4 is 5.32 Å². The van der Waals surface area contributed by atoms with Crippen LogP contribution in [0, 0.1) is 5.92 Å². The average molecular weight is 239 g/mol. The third-order valence-electron chi connectivity index (χ3n) is 2.96. The lowest BCUT2D eigenvalue weighted by molar-refractivity contribution is 0.0326. The maximum Gasteiger partial charge on any atom is 0.0789 e. The quantitative estimate of drug-likeness (QED) is 0.792. The first-order valence-corrected chi connectivity index (χ1v) is 6.34. The highest BCUT2D eigenvalue weighted by Crippen LogP contribution is 2.23. The molecule has 1 N–H and O–H groups in total. The molecule has 0 bridgehead atoms. The molecule has 1 aromatic heterocycles. The Kier molecular flexibility index (Phi) is 5.65. The van der Waals surface area contributed by atoms with E-state index in [1.165, 1.54) is 5.56 Å². The summed E-state index contributed by atoms with van der Waals surface area (Å²) in [5, 5.41) is 7.80. The molecule has 1 rings (SSSR count). The van der Waals surface area contributed by atoms with Crippen LogP contribution in [-0.2, 0) is 11.8 Å². The summed E-state index contributed by atoms with van der Waals surface area (Å²) in [4.78, 5) is 0.